The highest BCUT2D eigenvalue weighted by Crippen LogP contribution is 2.19. The third kappa shape index (κ3) is 6.44. The summed E-state index contributed by atoms with van der Waals surface area (Å²) in [5.41, 5.74) is 6.05. The molecule has 0 aromatic rings. The van der Waals surface area contributed by atoms with E-state index in [4.69, 9.17) is 10.5 Å². The van der Waals surface area contributed by atoms with Crippen LogP contribution in [0.15, 0.2) is 0 Å². The van der Waals surface area contributed by atoms with Crippen molar-refractivity contribution in [3.63, 3.8) is 0 Å². The maximum atomic E-state index is 6.05. The summed E-state index contributed by atoms with van der Waals surface area (Å²) < 4.78 is 5.59. The Morgan fingerprint density at radius 3 is 2.87 bits per heavy atom. The second-order valence-electron chi connectivity index (χ2n) is 4.71. The Labute approximate surface area is 98.3 Å². The molecule has 15 heavy (non-hydrogen) atoms. The molecule has 2 N–H and O–H groups in total. The quantitative estimate of drug-likeness (QED) is 0.732. The van der Waals surface area contributed by atoms with Gasteiger partial charge in [-0.25, -0.2) is 0 Å². The van der Waals surface area contributed by atoms with Gasteiger partial charge in [-0.15, -0.1) is 0 Å². The van der Waals surface area contributed by atoms with Gasteiger partial charge in [-0.05, 0) is 37.4 Å². The van der Waals surface area contributed by atoms with Gasteiger partial charge in [0, 0.05) is 18.4 Å². The third-order valence-electron chi connectivity index (χ3n) is 2.77. The van der Waals surface area contributed by atoms with Gasteiger partial charge in [-0.2, -0.15) is 11.8 Å². The van der Waals surface area contributed by atoms with Gasteiger partial charge in [0.1, 0.15) is 0 Å². The molecule has 0 aliphatic carbocycles. The van der Waals surface area contributed by atoms with Gasteiger partial charge in [0.05, 0.1) is 6.10 Å². The predicted molar refractivity (Wildman–Crippen MR) is 68.4 cm³/mol. The Bertz CT molecular complexity index is 158. The van der Waals surface area contributed by atoms with Crippen LogP contribution in [-0.4, -0.2) is 29.8 Å². The van der Waals surface area contributed by atoms with Crippen molar-refractivity contribution in [1.82, 2.24) is 0 Å². The van der Waals surface area contributed by atoms with Crippen LogP contribution in [0.2, 0.25) is 0 Å². The normalized spacial score (nSPS) is 23.6. The van der Waals surface area contributed by atoms with E-state index in [0.717, 1.165) is 18.8 Å². The van der Waals surface area contributed by atoms with Crippen LogP contribution in [0.3, 0.4) is 0 Å². The number of hydrogen-bond donors (Lipinski definition) is 1. The first kappa shape index (κ1) is 13.3. The number of thioether (sulfide) groups is 1. The van der Waals surface area contributed by atoms with E-state index in [2.05, 4.69) is 13.8 Å². The fourth-order valence-electron chi connectivity index (χ4n) is 1.88. The molecule has 1 saturated heterocycles. The summed E-state index contributed by atoms with van der Waals surface area (Å²) in [4.78, 5) is 0. The largest absolute Gasteiger partial charge is 0.378 e. The van der Waals surface area contributed by atoms with Gasteiger partial charge in [0.15, 0.2) is 0 Å². The lowest BCUT2D eigenvalue weighted by Gasteiger charge is -2.14. The van der Waals surface area contributed by atoms with Crippen LogP contribution in [0.5, 0.6) is 0 Å². The van der Waals surface area contributed by atoms with Gasteiger partial charge in [0.2, 0.25) is 0 Å². The molecule has 0 saturated carbocycles. The minimum Gasteiger partial charge on any atom is -0.378 e. The zero-order valence-corrected chi connectivity index (χ0v) is 10.9. The van der Waals surface area contributed by atoms with Crippen LogP contribution in [0.25, 0.3) is 0 Å². The maximum Gasteiger partial charge on any atom is 0.0576 e. The van der Waals surface area contributed by atoms with E-state index in [1.807, 2.05) is 11.8 Å². The molecule has 0 aromatic heterocycles. The number of hydrogen-bond acceptors (Lipinski definition) is 3. The van der Waals surface area contributed by atoms with Crippen molar-refractivity contribution in [2.45, 2.75) is 63.3 Å². The molecule has 1 heterocycles. The molecule has 2 unspecified atom stereocenters. The van der Waals surface area contributed by atoms with E-state index in [1.54, 1.807) is 0 Å². The lowest BCUT2D eigenvalue weighted by atomic mass is 10.1. The van der Waals surface area contributed by atoms with E-state index in [1.165, 1.54) is 25.7 Å². The number of rotatable bonds is 7. The average Bonchev–Trinajstić information content (AvgIpc) is 2.67. The predicted octanol–water partition coefficient (Wildman–Crippen LogP) is 2.80. The minimum absolute atomic E-state index is 0.374. The summed E-state index contributed by atoms with van der Waals surface area (Å²) in [6.45, 7) is 5.42. The minimum atomic E-state index is 0.374. The molecule has 0 bridgehead atoms. The summed E-state index contributed by atoms with van der Waals surface area (Å²) in [5, 5.41) is 0.703. The first-order valence-corrected chi connectivity index (χ1v) is 7.22. The van der Waals surface area contributed by atoms with Crippen molar-refractivity contribution in [2.75, 3.05) is 12.4 Å². The first-order valence-electron chi connectivity index (χ1n) is 6.17. The van der Waals surface area contributed by atoms with Crippen molar-refractivity contribution < 1.29 is 4.74 Å². The molecule has 0 amide bonds. The molecule has 0 aromatic carbocycles. The van der Waals surface area contributed by atoms with E-state index in [0.29, 0.717) is 17.4 Å². The Morgan fingerprint density at radius 2 is 2.27 bits per heavy atom. The van der Waals surface area contributed by atoms with Crippen molar-refractivity contribution in [3.05, 3.63) is 0 Å². The summed E-state index contributed by atoms with van der Waals surface area (Å²) >= 11 is 1.97. The lowest BCUT2D eigenvalue weighted by Crippen LogP contribution is -2.24. The summed E-state index contributed by atoms with van der Waals surface area (Å²) in [7, 11) is 0. The van der Waals surface area contributed by atoms with Crippen molar-refractivity contribution >= 4 is 11.8 Å². The van der Waals surface area contributed by atoms with Gasteiger partial charge >= 0.3 is 0 Å². The Kier molecular flexibility index (Phi) is 6.69. The SMILES string of the molecule is CC(C)SCC(N)CCCC1CCCO1. The van der Waals surface area contributed by atoms with E-state index < -0.39 is 0 Å². The molecule has 2 atom stereocenters. The van der Waals surface area contributed by atoms with Gasteiger partial charge in [0.25, 0.3) is 0 Å². The average molecular weight is 231 g/mol. The lowest BCUT2D eigenvalue weighted by molar-refractivity contribution is 0.102. The van der Waals surface area contributed by atoms with E-state index in [-0.39, 0.29) is 0 Å². The standard InChI is InChI=1S/C12H25NOS/c1-10(2)15-9-11(13)5-3-6-12-7-4-8-14-12/h10-12H,3-9,13H2,1-2H3. The van der Waals surface area contributed by atoms with Crippen molar-refractivity contribution in [1.29, 1.82) is 0 Å². The van der Waals surface area contributed by atoms with Gasteiger partial charge in [-0.3, -0.25) is 0 Å². The molecule has 1 fully saturated rings. The number of ether oxygens (including phenoxy) is 1. The second kappa shape index (κ2) is 7.53. The summed E-state index contributed by atoms with van der Waals surface area (Å²) in [6, 6.07) is 0.374. The number of nitrogens with two attached hydrogens (primary N) is 1. The molecular weight excluding hydrogens is 206 g/mol. The fourth-order valence-corrected chi connectivity index (χ4v) is 2.68. The third-order valence-corrected chi connectivity index (χ3v) is 4.06. The topological polar surface area (TPSA) is 35.2 Å². The van der Waals surface area contributed by atoms with E-state index >= 15 is 0 Å². The molecular formula is C12H25NOS. The van der Waals surface area contributed by atoms with Crippen LogP contribution in [0, 0.1) is 0 Å². The van der Waals surface area contributed by atoms with Crippen molar-refractivity contribution in [2.24, 2.45) is 5.73 Å². The van der Waals surface area contributed by atoms with Crippen LogP contribution < -0.4 is 5.73 Å². The van der Waals surface area contributed by atoms with Gasteiger partial charge in [-0.1, -0.05) is 13.8 Å². The molecule has 1 rings (SSSR count). The fraction of sp³-hybridized carbons (Fsp3) is 1.00. The highest BCUT2D eigenvalue weighted by Gasteiger charge is 2.15. The molecule has 0 radical (unpaired) electrons. The Morgan fingerprint density at radius 1 is 1.47 bits per heavy atom. The maximum absolute atomic E-state index is 6.05. The van der Waals surface area contributed by atoms with Gasteiger partial charge < -0.3 is 10.5 Å². The molecule has 0 spiro atoms. The second-order valence-corrected chi connectivity index (χ2v) is 6.32. The van der Waals surface area contributed by atoms with E-state index in [9.17, 15) is 0 Å². The Balaban J connectivity index is 1.93. The molecule has 90 valence electrons. The zero-order valence-electron chi connectivity index (χ0n) is 10.1. The zero-order chi connectivity index (χ0) is 11.1. The summed E-state index contributed by atoms with van der Waals surface area (Å²) in [6.07, 6.45) is 6.63. The van der Waals surface area contributed by atoms with Crippen LogP contribution in [0.4, 0.5) is 0 Å². The van der Waals surface area contributed by atoms with Crippen LogP contribution in [-0.2, 0) is 4.74 Å². The van der Waals surface area contributed by atoms with Crippen LogP contribution >= 0.6 is 11.8 Å². The van der Waals surface area contributed by atoms with Crippen LogP contribution in [0.1, 0.15) is 46.0 Å². The molecule has 1 aliphatic rings. The smallest absolute Gasteiger partial charge is 0.0576 e. The highest BCUT2D eigenvalue weighted by molar-refractivity contribution is 7.99. The molecule has 1 aliphatic heterocycles. The molecule has 3 heteroatoms. The highest BCUT2D eigenvalue weighted by atomic mass is 32.2. The monoisotopic (exact) mass is 231 g/mol. The summed E-state index contributed by atoms with van der Waals surface area (Å²) in [5.74, 6) is 1.10. The Hall–Kier alpha value is 0.270. The van der Waals surface area contributed by atoms with Crippen molar-refractivity contribution in [3.8, 4) is 0 Å². The molecule has 2 nitrogen and oxygen atoms in total. The first-order chi connectivity index (χ1) is 7.18.